The number of halogens is 7. The first-order chi connectivity index (χ1) is 13.3. The minimum atomic E-state index is -4.72. The van der Waals surface area contributed by atoms with E-state index in [0.717, 1.165) is 18.3 Å². The largest absolute Gasteiger partial charge is 0.468 e. The van der Waals surface area contributed by atoms with E-state index < -0.39 is 42.2 Å². The number of nitrogens with one attached hydrogen (secondary N) is 2. The molecule has 12 heteroatoms. The van der Waals surface area contributed by atoms with Crippen LogP contribution in [0.5, 0.6) is 5.88 Å². The lowest BCUT2D eigenvalue weighted by Gasteiger charge is -2.18. The van der Waals surface area contributed by atoms with Gasteiger partial charge in [-0.1, -0.05) is 11.6 Å². The minimum absolute atomic E-state index is 0.139. The normalized spacial score (nSPS) is 13.0. The van der Waals surface area contributed by atoms with Gasteiger partial charge in [-0.15, -0.1) is 0 Å². The predicted molar refractivity (Wildman–Crippen MR) is 94.0 cm³/mol. The molecule has 1 aromatic heterocycles. The zero-order chi connectivity index (χ0) is 21.8. The molecule has 0 saturated carbocycles. The summed E-state index contributed by atoms with van der Waals surface area (Å²) in [5, 5.41) is 4.70. The summed E-state index contributed by atoms with van der Waals surface area (Å²) in [4.78, 5) is 15.9. The second-order valence-corrected chi connectivity index (χ2v) is 6.27. The second-order valence-electron chi connectivity index (χ2n) is 5.83. The molecule has 158 valence electrons. The van der Waals surface area contributed by atoms with E-state index in [9.17, 15) is 31.1 Å². The Balaban J connectivity index is 2.01. The fourth-order valence-electron chi connectivity index (χ4n) is 2.12. The number of ether oxygens (including phenoxy) is 1. The Morgan fingerprint density at radius 3 is 2.41 bits per heavy atom. The van der Waals surface area contributed by atoms with Crippen LogP contribution in [0.3, 0.4) is 0 Å². The monoisotopic (exact) mass is 441 g/mol. The van der Waals surface area contributed by atoms with Gasteiger partial charge in [-0.25, -0.2) is 4.98 Å². The molecule has 0 bridgehead atoms. The zero-order valence-corrected chi connectivity index (χ0v) is 15.4. The summed E-state index contributed by atoms with van der Waals surface area (Å²) in [5.41, 5.74) is -1.31. The molecule has 1 heterocycles. The Kier molecular flexibility index (Phi) is 6.83. The van der Waals surface area contributed by atoms with Gasteiger partial charge < -0.3 is 15.4 Å². The number of pyridine rings is 1. The lowest BCUT2D eigenvalue weighted by Crippen LogP contribution is -2.32. The van der Waals surface area contributed by atoms with Crippen molar-refractivity contribution in [3.63, 3.8) is 0 Å². The highest BCUT2D eigenvalue weighted by Crippen LogP contribution is 2.36. The van der Waals surface area contributed by atoms with Crippen LogP contribution in [0.25, 0.3) is 0 Å². The highest BCUT2D eigenvalue weighted by atomic mass is 35.5. The van der Waals surface area contributed by atoms with Gasteiger partial charge in [0, 0.05) is 11.1 Å². The number of carbonyl (C=O) groups is 1. The molecule has 0 saturated heterocycles. The SMILES string of the molecule is CC(Nc1ccc(OCC(F)(F)F)nc1)C(=O)Nc1ccc(Cl)cc1C(F)(F)F. The molecule has 0 fully saturated rings. The van der Waals surface area contributed by atoms with Crippen LogP contribution < -0.4 is 15.4 Å². The van der Waals surface area contributed by atoms with Gasteiger partial charge in [-0.05, 0) is 31.2 Å². The van der Waals surface area contributed by atoms with Crippen molar-refractivity contribution in [3.05, 3.63) is 47.1 Å². The standard InChI is InChI=1S/C17H14ClF6N3O2/c1-9(26-11-3-5-14(25-7-11)29-8-16(19,20)21)15(28)27-13-4-2-10(18)6-12(13)17(22,23)24/h2-7,9,26H,8H2,1H3,(H,27,28). The summed E-state index contributed by atoms with van der Waals surface area (Å²) >= 11 is 5.58. The first-order valence-electron chi connectivity index (χ1n) is 7.95. The molecular weight excluding hydrogens is 428 g/mol. The Morgan fingerprint density at radius 1 is 1.17 bits per heavy atom. The topological polar surface area (TPSA) is 63.2 Å². The number of alkyl halides is 6. The molecule has 0 aliphatic carbocycles. The van der Waals surface area contributed by atoms with E-state index >= 15 is 0 Å². The van der Waals surface area contributed by atoms with Crippen molar-refractivity contribution in [2.75, 3.05) is 17.2 Å². The summed E-state index contributed by atoms with van der Waals surface area (Å²) in [6.07, 6.45) is -8.11. The molecule has 1 unspecified atom stereocenters. The number of anilines is 2. The maximum atomic E-state index is 13.1. The van der Waals surface area contributed by atoms with Crippen molar-refractivity contribution in [1.82, 2.24) is 4.98 Å². The highest BCUT2D eigenvalue weighted by molar-refractivity contribution is 6.30. The maximum absolute atomic E-state index is 13.1. The lowest BCUT2D eigenvalue weighted by molar-refractivity contribution is -0.154. The molecule has 0 spiro atoms. The second kappa shape index (κ2) is 8.76. The Morgan fingerprint density at radius 2 is 1.86 bits per heavy atom. The van der Waals surface area contributed by atoms with Gasteiger partial charge in [0.1, 0.15) is 6.04 Å². The van der Waals surface area contributed by atoms with Gasteiger partial charge in [0.15, 0.2) is 6.61 Å². The molecule has 1 aromatic carbocycles. The van der Waals surface area contributed by atoms with E-state index in [0.29, 0.717) is 6.07 Å². The van der Waals surface area contributed by atoms with Crippen molar-refractivity contribution in [1.29, 1.82) is 0 Å². The van der Waals surface area contributed by atoms with E-state index in [2.05, 4.69) is 20.4 Å². The summed E-state index contributed by atoms with van der Waals surface area (Å²) in [6.45, 7) is -0.124. The van der Waals surface area contributed by atoms with Crippen molar-refractivity contribution in [2.45, 2.75) is 25.3 Å². The third-order valence-electron chi connectivity index (χ3n) is 3.44. The Bertz CT molecular complexity index is 856. The number of nitrogens with zero attached hydrogens (tertiary/aromatic N) is 1. The van der Waals surface area contributed by atoms with Gasteiger partial charge in [-0.3, -0.25) is 4.79 Å². The molecule has 29 heavy (non-hydrogen) atoms. The Hall–Kier alpha value is -2.69. The highest BCUT2D eigenvalue weighted by Gasteiger charge is 2.34. The van der Waals surface area contributed by atoms with Crippen LogP contribution in [0.1, 0.15) is 12.5 Å². The number of amides is 1. The molecule has 2 aromatic rings. The summed E-state index contributed by atoms with van der Waals surface area (Å²) in [6, 6.07) is 4.40. The summed E-state index contributed by atoms with van der Waals surface area (Å²) < 4.78 is 80.0. The smallest absolute Gasteiger partial charge is 0.422 e. The third-order valence-corrected chi connectivity index (χ3v) is 3.68. The fourth-order valence-corrected chi connectivity index (χ4v) is 2.30. The van der Waals surface area contributed by atoms with Crippen LogP contribution in [0, 0.1) is 0 Å². The van der Waals surface area contributed by atoms with Gasteiger partial charge in [0.2, 0.25) is 11.8 Å². The van der Waals surface area contributed by atoms with E-state index in [1.54, 1.807) is 0 Å². The van der Waals surface area contributed by atoms with Crippen LogP contribution in [-0.2, 0) is 11.0 Å². The van der Waals surface area contributed by atoms with Crippen LogP contribution in [-0.4, -0.2) is 29.7 Å². The van der Waals surface area contributed by atoms with Crippen molar-refractivity contribution < 1.29 is 35.9 Å². The van der Waals surface area contributed by atoms with Gasteiger partial charge >= 0.3 is 12.4 Å². The van der Waals surface area contributed by atoms with Gasteiger partial charge in [0.25, 0.3) is 0 Å². The molecule has 0 radical (unpaired) electrons. The quantitative estimate of drug-likeness (QED) is 0.610. The van der Waals surface area contributed by atoms with Crippen LogP contribution in [0.4, 0.5) is 37.7 Å². The maximum Gasteiger partial charge on any atom is 0.422 e. The molecule has 2 N–H and O–H groups in total. The van der Waals surface area contributed by atoms with E-state index in [4.69, 9.17) is 11.6 Å². The predicted octanol–water partition coefficient (Wildman–Crippen LogP) is 5.13. The summed E-state index contributed by atoms with van der Waals surface area (Å²) in [5.74, 6) is -1.06. The molecule has 2 rings (SSSR count). The molecule has 1 amide bonds. The van der Waals surface area contributed by atoms with Gasteiger partial charge in [0.05, 0.1) is 23.1 Å². The molecule has 1 atom stereocenters. The number of hydrogen-bond acceptors (Lipinski definition) is 4. The van der Waals surface area contributed by atoms with Crippen molar-refractivity contribution in [2.24, 2.45) is 0 Å². The van der Waals surface area contributed by atoms with E-state index in [-0.39, 0.29) is 16.6 Å². The molecule has 0 aliphatic rings. The third kappa shape index (κ3) is 7.00. The average molecular weight is 442 g/mol. The fraction of sp³-hybridized carbons (Fsp3) is 0.294. The first kappa shape index (κ1) is 22.6. The van der Waals surface area contributed by atoms with E-state index in [1.807, 2.05) is 0 Å². The number of rotatable bonds is 6. The average Bonchev–Trinajstić information content (AvgIpc) is 2.61. The Labute approximate surface area is 166 Å². The minimum Gasteiger partial charge on any atom is -0.468 e. The van der Waals surface area contributed by atoms with Crippen molar-refractivity contribution in [3.8, 4) is 5.88 Å². The van der Waals surface area contributed by atoms with Gasteiger partial charge in [-0.2, -0.15) is 26.3 Å². The number of aromatic nitrogens is 1. The molecule has 5 nitrogen and oxygen atoms in total. The number of carbonyl (C=O) groups excluding carboxylic acids is 1. The molecule has 0 aliphatic heterocycles. The zero-order valence-electron chi connectivity index (χ0n) is 14.7. The number of hydrogen-bond donors (Lipinski definition) is 2. The number of benzene rings is 1. The summed E-state index contributed by atoms with van der Waals surface area (Å²) in [7, 11) is 0. The molecular formula is C17H14ClF6N3O2. The lowest BCUT2D eigenvalue weighted by atomic mass is 10.1. The first-order valence-corrected chi connectivity index (χ1v) is 8.33. The van der Waals surface area contributed by atoms with Crippen LogP contribution in [0.2, 0.25) is 5.02 Å². The van der Waals surface area contributed by atoms with E-state index in [1.165, 1.54) is 19.1 Å². The van der Waals surface area contributed by atoms with Crippen LogP contribution >= 0.6 is 11.6 Å². The van der Waals surface area contributed by atoms with Crippen molar-refractivity contribution >= 4 is 28.9 Å². The van der Waals surface area contributed by atoms with Crippen LogP contribution in [0.15, 0.2) is 36.5 Å².